The van der Waals surface area contributed by atoms with Crippen LogP contribution in [0.2, 0.25) is 0 Å². The zero-order valence-electron chi connectivity index (χ0n) is 19.9. The predicted octanol–water partition coefficient (Wildman–Crippen LogP) is 4.70. The maximum absolute atomic E-state index is 13.6. The molecule has 0 radical (unpaired) electrons. The van der Waals surface area contributed by atoms with Gasteiger partial charge in [0.05, 0.1) is 19.9 Å². The highest BCUT2D eigenvalue weighted by atomic mass is 16.5. The Labute approximate surface area is 194 Å². The molecule has 0 aliphatic carbocycles. The van der Waals surface area contributed by atoms with Gasteiger partial charge in [0, 0.05) is 22.6 Å². The van der Waals surface area contributed by atoms with Crippen LogP contribution in [0.1, 0.15) is 44.7 Å². The van der Waals surface area contributed by atoms with Crippen LogP contribution >= 0.6 is 0 Å². The highest BCUT2D eigenvalue weighted by molar-refractivity contribution is 6.33. The van der Waals surface area contributed by atoms with Crippen LogP contribution in [-0.2, 0) is 24.5 Å². The van der Waals surface area contributed by atoms with E-state index in [1.807, 2.05) is 12.1 Å². The molecule has 2 amide bonds. The number of hydrogen-bond acceptors (Lipinski definition) is 5. The molecule has 0 unspecified atom stereocenters. The number of carbonyl (C=O) groups excluding carboxylic acids is 3. The van der Waals surface area contributed by atoms with Crippen molar-refractivity contribution in [1.82, 2.24) is 0 Å². The molecule has 0 bridgehead atoms. The highest BCUT2D eigenvalue weighted by Gasteiger charge is 2.43. The van der Waals surface area contributed by atoms with Gasteiger partial charge in [0.15, 0.2) is 0 Å². The van der Waals surface area contributed by atoms with Crippen LogP contribution in [0.3, 0.4) is 0 Å². The zero-order chi connectivity index (χ0) is 24.5. The second-order valence-corrected chi connectivity index (χ2v) is 9.00. The maximum atomic E-state index is 13.6. The summed E-state index contributed by atoms with van der Waals surface area (Å²) < 4.78 is 10.1. The first-order valence-electron chi connectivity index (χ1n) is 10.6. The quantitative estimate of drug-likeness (QED) is 0.365. The summed E-state index contributed by atoms with van der Waals surface area (Å²) in [7, 11) is 2.80. The lowest BCUT2D eigenvalue weighted by molar-refractivity contribution is -0.136. The van der Waals surface area contributed by atoms with Crippen molar-refractivity contribution in [2.75, 3.05) is 19.1 Å². The van der Waals surface area contributed by atoms with Crippen LogP contribution in [-0.4, -0.2) is 32.0 Å². The van der Waals surface area contributed by atoms with Gasteiger partial charge in [-0.3, -0.25) is 9.59 Å². The molecule has 6 heteroatoms. The molecule has 6 nitrogen and oxygen atoms in total. The Morgan fingerprint density at radius 1 is 0.939 bits per heavy atom. The topological polar surface area (TPSA) is 72.9 Å². The van der Waals surface area contributed by atoms with E-state index in [-0.39, 0.29) is 22.1 Å². The van der Waals surface area contributed by atoms with E-state index in [1.165, 1.54) is 7.11 Å². The van der Waals surface area contributed by atoms with Gasteiger partial charge in [-0.05, 0) is 47.7 Å². The van der Waals surface area contributed by atoms with Crippen molar-refractivity contribution >= 4 is 23.5 Å². The lowest BCUT2D eigenvalue weighted by Crippen LogP contribution is -2.32. The number of nitrogens with zero attached hydrogens (tertiary/aromatic N) is 1. The van der Waals surface area contributed by atoms with E-state index < -0.39 is 23.7 Å². The lowest BCUT2D eigenvalue weighted by atomic mass is 9.83. The Kier molecular flexibility index (Phi) is 6.58. The van der Waals surface area contributed by atoms with E-state index >= 15 is 0 Å². The Morgan fingerprint density at radius 3 is 2.00 bits per heavy atom. The first-order valence-corrected chi connectivity index (χ1v) is 10.6. The summed E-state index contributed by atoms with van der Waals surface area (Å²) in [5, 5.41) is 0. The van der Waals surface area contributed by atoms with Crippen molar-refractivity contribution < 1.29 is 23.9 Å². The van der Waals surface area contributed by atoms with Crippen LogP contribution in [0.5, 0.6) is 5.75 Å². The fraction of sp³-hybridized carbons (Fsp3) is 0.296. The third-order valence-corrected chi connectivity index (χ3v) is 5.89. The third kappa shape index (κ3) is 4.46. The minimum atomic E-state index is -0.835. The summed E-state index contributed by atoms with van der Waals surface area (Å²) in [6.45, 7) is 11.8. The van der Waals surface area contributed by atoms with Crippen molar-refractivity contribution in [3.8, 4) is 5.75 Å². The molecule has 0 saturated carbocycles. The highest BCUT2D eigenvalue weighted by Crippen LogP contribution is 2.40. The second-order valence-electron chi connectivity index (χ2n) is 9.00. The number of rotatable bonds is 6. The SMILES string of the molecule is C=C(C(=O)OC)[C@H](C1=C(C)C(=O)N(c2ccc(C(C)(C)C)cc2)C1=O)c1ccc(OC)cc1. The largest absolute Gasteiger partial charge is 0.497 e. The summed E-state index contributed by atoms with van der Waals surface area (Å²) in [4.78, 5) is 40.3. The van der Waals surface area contributed by atoms with Crippen molar-refractivity contribution in [3.05, 3.63) is 83.0 Å². The van der Waals surface area contributed by atoms with Gasteiger partial charge in [-0.25, -0.2) is 9.69 Å². The Balaban J connectivity index is 2.07. The summed E-state index contributed by atoms with van der Waals surface area (Å²) >= 11 is 0. The van der Waals surface area contributed by atoms with Gasteiger partial charge in [0.2, 0.25) is 0 Å². The third-order valence-electron chi connectivity index (χ3n) is 5.89. The molecule has 0 saturated heterocycles. The van der Waals surface area contributed by atoms with E-state index in [1.54, 1.807) is 50.4 Å². The van der Waals surface area contributed by atoms with Crippen LogP contribution in [0.15, 0.2) is 71.8 Å². The molecular formula is C27H29NO5. The molecular weight excluding hydrogens is 418 g/mol. The Bertz CT molecular complexity index is 1130. The normalized spacial score (nSPS) is 15.0. The number of benzene rings is 2. The summed E-state index contributed by atoms with van der Waals surface area (Å²) in [6.07, 6.45) is 0. The summed E-state index contributed by atoms with van der Waals surface area (Å²) in [5.74, 6) is -1.76. The molecule has 0 fully saturated rings. The number of amides is 2. The van der Waals surface area contributed by atoms with Crippen molar-refractivity contribution in [3.63, 3.8) is 0 Å². The minimum Gasteiger partial charge on any atom is -0.497 e. The van der Waals surface area contributed by atoms with Crippen LogP contribution in [0, 0.1) is 0 Å². The smallest absolute Gasteiger partial charge is 0.334 e. The van der Waals surface area contributed by atoms with Crippen LogP contribution < -0.4 is 9.64 Å². The molecule has 0 N–H and O–H groups in total. The fourth-order valence-corrected chi connectivity index (χ4v) is 3.93. The number of anilines is 1. The van der Waals surface area contributed by atoms with E-state index in [0.717, 1.165) is 10.5 Å². The molecule has 1 aliphatic heterocycles. The number of ether oxygens (including phenoxy) is 2. The number of hydrogen-bond donors (Lipinski definition) is 0. The maximum Gasteiger partial charge on any atom is 0.334 e. The molecule has 172 valence electrons. The molecule has 33 heavy (non-hydrogen) atoms. The van der Waals surface area contributed by atoms with E-state index in [4.69, 9.17) is 9.47 Å². The van der Waals surface area contributed by atoms with E-state index in [9.17, 15) is 14.4 Å². The van der Waals surface area contributed by atoms with Crippen molar-refractivity contribution in [2.45, 2.75) is 39.0 Å². The first-order chi connectivity index (χ1) is 15.5. The number of methoxy groups -OCH3 is 2. The van der Waals surface area contributed by atoms with E-state index in [2.05, 4.69) is 27.4 Å². The number of carbonyl (C=O) groups is 3. The molecule has 1 atom stereocenters. The van der Waals surface area contributed by atoms with Gasteiger partial charge in [-0.2, -0.15) is 0 Å². The van der Waals surface area contributed by atoms with Crippen LogP contribution in [0.4, 0.5) is 5.69 Å². The second kappa shape index (κ2) is 9.06. The fourth-order valence-electron chi connectivity index (χ4n) is 3.93. The van der Waals surface area contributed by atoms with Crippen molar-refractivity contribution in [2.24, 2.45) is 0 Å². The monoisotopic (exact) mass is 447 g/mol. The summed E-state index contributed by atoms with van der Waals surface area (Å²) in [5.41, 5.74) is 2.69. The standard InChI is InChI=1S/C27H29NO5/c1-16-23(22(17(2)26(31)33-7)18-8-14-21(32-6)15-9-18)25(30)28(24(16)29)20-12-10-19(11-13-20)27(3,4)5/h8-15,22H,2H2,1,3-7H3/t22-/m0/s1. The molecule has 3 rings (SSSR count). The zero-order valence-corrected chi connectivity index (χ0v) is 19.9. The average Bonchev–Trinajstić information content (AvgIpc) is 3.01. The molecule has 2 aromatic carbocycles. The average molecular weight is 448 g/mol. The van der Waals surface area contributed by atoms with Gasteiger partial charge in [-0.15, -0.1) is 0 Å². The molecule has 1 heterocycles. The Morgan fingerprint density at radius 2 is 1.52 bits per heavy atom. The number of esters is 1. The van der Waals surface area contributed by atoms with Crippen molar-refractivity contribution in [1.29, 1.82) is 0 Å². The first kappa shape index (κ1) is 24.0. The van der Waals surface area contributed by atoms with E-state index in [0.29, 0.717) is 17.0 Å². The lowest BCUT2D eigenvalue weighted by Gasteiger charge is -2.23. The van der Waals surface area contributed by atoms with Gasteiger partial charge in [0.1, 0.15) is 5.75 Å². The molecule has 0 aromatic heterocycles. The van der Waals surface area contributed by atoms with Crippen LogP contribution in [0.25, 0.3) is 0 Å². The number of imide groups is 1. The van der Waals surface area contributed by atoms with Gasteiger partial charge < -0.3 is 9.47 Å². The molecule has 1 aliphatic rings. The molecule has 2 aromatic rings. The summed E-state index contributed by atoms with van der Waals surface area (Å²) in [6, 6.07) is 14.3. The minimum absolute atomic E-state index is 0.0609. The van der Waals surface area contributed by atoms with Gasteiger partial charge >= 0.3 is 5.97 Å². The Hall–Kier alpha value is -3.67. The predicted molar refractivity (Wildman–Crippen MR) is 127 cm³/mol. The van der Waals surface area contributed by atoms with Gasteiger partial charge in [-0.1, -0.05) is 51.6 Å². The van der Waals surface area contributed by atoms with Gasteiger partial charge in [0.25, 0.3) is 11.8 Å². The molecule has 0 spiro atoms.